The number of ether oxygens (including phenoxy) is 3. The summed E-state index contributed by atoms with van der Waals surface area (Å²) in [6.07, 6.45) is 0.207. The molecule has 2 atom stereocenters. The molecular formula is C30H33FN4O5. The number of fused-ring (bicyclic) bond motifs is 1. The normalized spacial score (nSPS) is 19.0. The van der Waals surface area contributed by atoms with Crippen LogP contribution in [0.15, 0.2) is 60.8 Å². The Labute approximate surface area is 232 Å². The molecule has 10 heteroatoms. The number of hydrazine groups is 1. The van der Waals surface area contributed by atoms with E-state index in [1.807, 2.05) is 56.1 Å². The zero-order valence-electron chi connectivity index (χ0n) is 23.0. The third-order valence-electron chi connectivity index (χ3n) is 6.76. The Kier molecular flexibility index (Phi) is 7.73. The van der Waals surface area contributed by atoms with Crippen molar-refractivity contribution in [2.45, 2.75) is 51.7 Å². The number of carbonyl (C=O) groups is 2. The molecule has 210 valence electrons. The lowest BCUT2D eigenvalue weighted by atomic mass is 10.0. The number of pyridine rings is 1. The molecule has 0 aliphatic carbocycles. The number of benzene rings is 2. The van der Waals surface area contributed by atoms with Gasteiger partial charge in [-0.05, 0) is 44.5 Å². The average Bonchev–Trinajstić information content (AvgIpc) is 3.48. The molecule has 1 N–H and O–H groups in total. The number of nitrogens with one attached hydrogen (secondary N) is 1. The van der Waals surface area contributed by atoms with Crippen LogP contribution >= 0.6 is 0 Å². The quantitative estimate of drug-likeness (QED) is 0.440. The molecule has 9 nitrogen and oxygen atoms in total. The molecule has 2 unspecified atom stereocenters. The van der Waals surface area contributed by atoms with E-state index in [9.17, 15) is 9.59 Å². The van der Waals surface area contributed by atoms with Crippen LogP contribution in [0.5, 0.6) is 5.75 Å². The Morgan fingerprint density at radius 2 is 1.90 bits per heavy atom. The van der Waals surface area contributed by atoms with Gasteiger partial charge in [0.2, 0.25) is 0 Å². The van der Waals surface area contributed by atoms with Crippen molar-refractivity contribution in [2.75, 3.05) is 20.2 Å². The van der Waals surface area contributed by atoms with Gasteiger partial charge >= 0.3 is 6.09 Å². The fourth-order valence-electron chi connectivity index (χ4n) is 5.04. The summed E-state index contributed by atoms with van der Waals surface area (Å²) in [5.41, 5.74) is 1.74. The minimum atomic E-state index is -0.891. The van der Waals surface area contributed by atoms with Gasteiger partial charge in [0.15, 0.2) is 6.23 Å². The SMILES string of the molecule is COc1cccc(F)c1-c1nccc2c1C(OCc1ccccc1)N(N1CCC(OC(=O)NC(C)(C)C)C1)C2=O. The zero-order valence-corrected chi connectivity index (χ0v) is 23.0. The van der Waals surface area contributed by atoms with Gasteiger partial charge in [-0.1, -0.05) is 36.4 Å². The second kappa shape index (κ2) is 11.2. The summed E-state index contributed by atoms with van der Waals surface area (Å²) in [5.74, 6) is -0.521. The molecule has 2 aromatic carbocycles. The topological polar surface area (TPSA) is 93.2 Å². The molecule has 2 aliphatic rings. The van der Waals surface area contributed by atoms with Crippen LogP contribution < -0.4 is 10.1 Å². The van der Waals surface area contributed by atoms with E-state index in [1.54, 1.807) is 18.2 Å². The molecule has 2 aliphatic heterocycles. The summed E-state index contributed by atoms with van der Waals surface area (Å²) >= 11 is 0. The van der Waals surface area contributed by atoms with E-state index >= 15 is 4.39 Å². The molecule has 40 heavy (non-hydrogen) atoms. The Balaban J connectivity index is 1.49. The first-order chi connectivity index (χ1) is 19.2. The van der Waals surface area contributed by atoms with Crippen LogP contribution in [0.1, 0.15) is 54.9 Å². The van der Waals surface area contributed by atoms with Gasteiger partial charge in [-0.2, -0.15) is 0 Å². The van der Waals surface area contributed by atoms with Crippen molar-refractivity contribution in [3.63, 3.8) is 0 Å². The van der Waals surface area contributed by atoms with Crippen molar-refractivity contribution in [3.05, 3.63) is 83.3 Å². The lowest BCUT2D eigenvalue weighted by Gasteiger charge is -2.33. The van der Waals surface area contributed by atoms with Gasteiger partial charge in [0.05, 0.1) is 37.1 Å². The summed E-state index contributed by atoms with van der Waals surface area (Å²) in [4.78, 5) is 30.8. The predicted molar refractivity (Wildman–Crippen MR) is 146 cm³/mol. The number of hydrogen-bond acceptors (Lipinski definition) is 7. The summed E-state index contributed by atoms with van der Waals surface area (Å²) in [7, 11) is 1.46. The Morgan fingerprint density at radius 3 is 2.62 bits per heavy atom. The minimum absolute atomic E-state index is 0.159. The van der Waals surface area contributed by atoms with Gasteiger partial charge in [-0.15, -0.1) is 0 Å². The molecule has 0 saturated carbocycles. The molecule has 0 bridgehead atoms. The summed E-state index contributed by atoms with van der Waals surface area (Å²) < 4.78 is 32.7. The smallest absolute Gasteiger partial charge is 0.407 e. The Bertz CT molecular complexity index is 1390. The second-order valence-electron chi connectivity index (χ2n) is 10.8. The highest BCUT2D eigenvalue weighted by atomic mass is 19.1. The van der Waals surface area contributed by atoms with Crippen LogP contribution in [0.25, 0.3) is 11.3 Å². The maximum absolute atomic E-state index is 15.2. The number of hydrogen-bond donors (Lipinski definition) is 1. The average molecular weight is 549 g/mol. The van der Waals surface area contributed by atoms with E-state index in [2.05, 4.69) is 10.3 Å². The maximum Gasteiger partial charge on any atom is 0.407 e. The first-order valence-corrected chi connectivity index (χ1v) is 13.2. The maximum atomic E-state index is 15.2. The van der Waals surface area contributed by atoms with Crippen LogP contribution in [0.4, 0.5) is 9.18 Å². The lowest BCUT2D eigenvalue weighted by Crippen LogP contribution is -2.46. The highest BCUT2D eigenvalue weighted by Gasteiger charge is 2.46. The van der Waals surface area contributed by atoms with E-state index in [0.717, 1.165) is 5.56 Å². The van der Waals surface area contributed by atoms with E-state index in [4.69, 9.17) is 14.2 Å². The van der Waals surface area contributed by atoms with Gasteiger partial charge in [0.1, 0.15) is 17.7 Å². The molecule has 0 radical (unpaired) electrons. The number of aromatic nitrogens is 1. The molecule has 1 fully saturated rings. The third-order valence-corrected chi connectivity index (χ3v) is 6.76. The monoisotopic (exact) mass is 548 g/mol. The number of alkyl carbamates (subject to hydrolysis) is 1. The number of carbonyl (C=O) groups excluding carboxylic acids is 2. The van der Waals surface area contributed by atoms with Gasteiger partial charge in [-0.25, -0.2) is 19.2 Å². The Hall–Kier alpha value is -4.02. The number of nitrogens with zero attached hydrogens (tertiary/aromatic N) is 3. The summed E-state index contributed by atoms with van der Waals surface area (Å²) in [5, 5.41) is 6.17. The minimum Gasteiger partial charge on any atom is -0.496 e. The van der Waals surface area contributed by atoms with Gasteiger partial charge in [-0.3, -0.25) is 9.78 Å². The van der Waals surface area contributed by atoms with Gasteiger partial charge in [0, 0.05) is 30.3 Å². The number of amides is 2. The van der Waals surface area contributed by atoms with Crippen LogP contribution in [0.2, 0.25) is 0 Å². The van der Waals surface area contributed by atoms with Crippen molar-refractivity contribution in [3.8, 4) is 17.0 Å². The van der Waals surface area contributed by atoms with Crippen molar-refractivity contribution >= 4 is 12.0 Å². The molecule has 1 aromatic heterocycles. The molecule has 2 amide bonds. The largest absolute Gasteiger partial charge is 0.496 e. The van der Waals surface area contributed by atoms with E-state index < -0.39 is 29.8 Å². The zero-order chi connectivity index (χ0) is 28.4. The summed E-state index contributed by atoms with van der Waals surface area (Å²) in [6, 6.07) is 15.8. The van der Waals surface area contributed by atoms with E-state index in [-0.39, 0.29) is 23.8 Å². The fraction of sp³-hybridized carbons (Fsp3) is 0.367. The van der Waals surface area contributed by atoms with Crippen molar-refractivity contribution in [1.82, 2.24) is 20.3 Å². The van der Waals surface area contributed by atoms with Crippen molar-refractivity contribution in [1.29, 1.82) is 0 Å². The molecule has 1 saturated heterocycles. The van der Waals surface area contributed by atoms with Gasteiger partial charge < -0.3 is 19.5 Å². The first-order valence-electron chi connectivity index (χ1n) is 13.2. The molecule has 5 rings (SSSR count). The number of methoxy groups -OCH3 is 1. The first kappa shape index (κ1) is 27.5. The Morgan fingerprint density at radius 1 is 1.12 bits per heavy atom. The predicted octanol–water partition coefficient (Wildman–Crippen LogP) is 5.08. The highest BCUT2D eigenvalue weighted by molar-refractivity contribution is 6.00. The van der Waals surface area contributed by atoms with Crippen molar-refractivity contribution < 1.29 is 28.2 Å². The van der Waals surface area contributed by atoms with Crippen LogP contribution in [0.3, 0.4) is 0 Å². The fourth-order valence-corrected chi connectivity index (χ4v) is 5.04. The third kappa shape index (κ3) is 5.64. The summed E-state index contributed by atoms with van der Waals surface area (Å²) in [6.45, 7) is 6.60. The second-order valence-corrected chi connectivity index (χ2v) is 10.8. The van der Waals surface area contributed by atoms with Gasteiger partial charge in [0.25, 0.3) is 5.91 Å². The van der Waals surface area contributed by atoms with E-state index in [0.29, 0.717) is 36.4 Å². The lowest BCUT2D eigenvalue weighted by molar-refractivity contribution is -0.133. The molecular weight excluding hydrogens is 515 g/mol. The van der Waals surface area contributed by atoms with E-state index in [1.165, 1.54) is 24.4 Å². The molecule has 3 aromatic rings. The number of halogens is 1. The van der Waals surface area contributed by atoms with Crippen LogP contribution in [-0.2, 0) is 16.1 Å². The van der Waals surface area contributed by atoms with Crippen molar-refractivity contribution in [2.24, 2.45) is 0 Å². The standard InChI is InChI=1S/C30H33FN4O5/c1-30(2,3)33-29(37)40-20-14-16-34(17-20)35-27(36)21-13-15-32-26(25-22(31)11-8-12-23(25)38-4)24(21)28(35)39-18-19-9-6-5-7-10-19/h5-13,15,20,28H,14,16-18H2,1-4H3,(H,33,37). The molecule has 3 heterocycles. The van der Waals surface area contributed by atoms with Crippen LogP contribution in [0, 0.1) is 5.82 Å². The highest BCUT2D eigenvalue weighted by Crippen LogP contribution is 2.44. The number of rotatable bonds is 7. The van der Waals surface area contributed by atoms with Crippen LogP contribution in [-0.4, -0.2) is 58.8 Å². The molecule has 0 spiro atoms.